The smallest absolute Gasteiger partial charge is 0.258 e. The number of amides is 1. The summed E-state index contributed by atoms with van der Waals surface area (Å²) in [6.45, 7) is 0.488. The van der Waals surface area contributed by atoms with Crippen LogP contribution < -0.4 is 15.8 Å². The lowest BCUT2D eigenvalue weighted by Gasteiger charge is -2.16. The third-order valence-electron chi connectivity index (χ3n) is 2.97. The quantitative estimate of drug-likeness (QED) is 0.845. The van der Waals surface area contributed by atoms with Crippen molar-refractivity contribution >= 4 is 29.9 Å². The number of carbonyl (C=O) groups is 1. The number of hydrogen-bond donors (Lipinski definition) is 2. The molecule has 0 saturated heterocycles. The number of hydrogen-bond acceptors (Lipinski definition) is 3. The molecule has 2 rings (SSSR count). The van der Waals surface area contributed by atoms with Crippen LogP contribution in [-0.4, -0.2) is 25.1 Å². The zero-order valence-electron chi connectivity index (χ0n) is 10.5. The van der Waals surface area contributed by atoms with E-state index in [9.17, 15) is 4.79 Å². The Morgan fingerprint density at radius 2 is 2.05 bits per heavy atom. The number of halogens is 2. The van der Waals surface area contributed by atoms with Crippen LogP contribution in [0.2, 0.25) is 5.02 Å². The zero-order chi connectivity index (χ0) is 13.0. The second-order valence-electron chi connectivity index (χ2n) is 4.49. The molecule has 106 valence electrons. The van der Waals surface area contributed by atoms with Crippen LogP contribution in [-0.2, 0) is 4.79 Å². The molecular weight excluding hydrogens is 287 g/mol. The van der Waals surface area contributed by atoms with Gasteiger partial charge in [-0.25, -0.2) is 0 Å². The molecule has 1 aliphatic carbocycles. The summed E-state index contributed by atoms with van der Waals surface area (Å²) in [5.74, 6) is 1.05. The summed E-state index contributed by atoms with van der Waals surface area (Å²) >= 11 is 5.76. The van der Waals surface area contributed by atoms with Crippen molar-refractivity contribution < 1.29 is 9.53 Å². The standard InChI is InChI=1S/C13H17ClN2O2.ClH/c14-10-3-5-11(6-4-10)18-8-13(17)16-12(7-15)9-1-2-9;/h3-6,9,12H,1-2,7-8,15H2,(H,16,17);1H. The highest BCUT2D eigenvalue weighted by molar-refractivity contribution is 6.30. The first kappa shape index (κ1) is 16.1. The van der Waals surface area contributed by atoms with Crippen molar-refractivity contribution in [1.29, 1.82) is 0 Å². The van der Waals surface area contributed by atoms with E-state index in [1.54, 1.807) is 24.3 Å². The first-order valence-corrected chi connectivity index (χ1v) is 6.44. The Labute approximate surface area is 124 Å². The number of rotatable bonds is 6. The molecule has 0 bridgehead atoms. The van der Waals surface area contributed by atoms with Crippen molar-refractivity contribution in [3.63, 3.8) is 0 Å². The number of ether oxygens (including phenoxy) is 1. The molecule has 1 saturated carbocycles. The molecule has 6 heteroatoms. The maximum atomic E-state index is 11.7. The molecule has 1 aromatic carbocycles. The average Bonchev–Trinajstić information content (AvgIpc) is 3.19. The van der Waals surface area contributed by atoms with Gasteiger partial charge in [-0.1, -0.05) is 11.6 Å². The predicted molar refractivity (Wildman–Crippen MR) is 77.9 cm³/mol. The van der Waals surface area contributed by atoms with Gasteiger partial charge in [0.25, 0.3) is 5.91 Å². The molecule has 1 aromatic rings. The highest BCUT2D eigenvalue weighted by atomic mass is 35.5. The average molecular weight is 305 g/mol. The molecule has 1 fully saturated rings. The summed E-state index contributed by atoms with van der Waals surface area (Å²) in [7, 11) is 0. The summed E-state index contributed by atoms with van der Waals surface area (Å²) in [5, 5.41) is 3.54. The Morgan fingerprint density at radius 1 is 1.42 bits per heavy atom. The molecule has 19 heavy (non-hydrogen) atoms. The minimum absolute atomic E-state index is 0. The van der Waals surface area contributed by atoms with E-state index in [4.69, 9.17) is 22.1 Å². The molecule has 1 atom stereocenters. The van der Waals surface area contributed by atoms with E-state index in [1.807, 2.05) is 0 Å². The largest absolute Gasteiger partial charge is 0.484 e. The first-order chi connectivity index (χ1) is 8.69. The molecule has 0 spiro atoms. The van der Waals surface area contributed by atoms with Gasteiger partial charge in [0.15, 0.2) is 6.61 Å². The molecule has 0 heterocycles. The van der Waals surface area contributed by atoms with Gasteiger partial charge >= 0.3 is 0 Å². The minimum atomic E-state index is -0.132. The Bertz CT molecular complexity index is 408. The Morgan fingerprint density at radius 3 is 2.58 bits per heavy atom. The highest BCUT2D eigenvalue weighted by Crippen LogP contribution is 2.32. The van der Waals surface area contributed by atoms with E-state index in [0.29, 0.717) is 23.2 Å². The van der Waals surface area contributed by atoms with Gasteiger partial charge in [-0.3, -0.25) is 4.79 Å². The van der Waals surface area contributed by atoms with Crippen LogP contribution in [0, 0.1) is 5.92 Å². The molecule has 1 unspecified atom stereocenters. The van der Waals surface area contributed by atoms with Gasteiger partial charge in [-0.05, 0) is 43.0 Å². The van der Waals surface area contributed by atoms with Crippen molar-refractivity contribution in [1.82, 2.24) is 5.32 Å². The van der Waals surface area contributed by atoms with Crippen molar-refractivity contribution in [2.24, 2.45) is 11.7 Å². The van der Waals surface area contributed by atoms with Crippen molar-refractivity contribution in [2.45, 2.75) is 18.9 Å². The van der Waals surface area contributed by atoms with Gasteiger partial charge in [0.05, 0.1) is 0 Å². The molecule has 4 nitrogen and oxygen atoms in total. The van der Waals surface area contributed by atoms with Gasteiger partial charge in [0.2, 0.25) is 0 Å². The second kappa shape index (κ2) is 7.58. The molecule has 0 radical (unpaired) electrons. The van der Waals surface area contributed by atoms with Crippen LogP contribution >= 0.6 is 24.0 Å². The van der Waals surface area contributed by atoms with E-state index < -0.39 is 0 Å². The molecule has 0 aromatic heterocycles. The monoisotopic (exact) mass is 304 g/mol. The number of benzene rings is 1. The van der Waals surface area contributed by atoms with Crippen molar-refractivity contribution in [3.8, 4) is 5.75 Å². The van der Waals surface area contributed by atoms with Crippen LogP contribution in [0.15, 0.2) is 24.3 Å². The van der Waals surface area contributed by atoms with Gasteiger partial charge < -0.3 is 15.8 Å². The molecule has 1 aliphatic rings. The summed E-state index contributed by atoms with van der Waals surface area (Å²) in [6.07, 6.45) is 2.31. The third-order valence-corrected chi connectivity index (χ3v) is 3.23. The van der Waals surface area contributed by atoms with Gasteiger partial charge in [-0.15, -0.1) is 12.4 Å². The van der Waals surface area contributed by atoms with Crippen LogP contribution in [0.1, 0.15) is 12.8 Å². The summed E-state index contributed by atoms with van der Waals surface area (Å²) in [5.41, 5.74) is 5.62. The van der Waals surface area contributed by atoms with E-state index in [1.165, 1.54) is 0 Å². The van der Waals surface area contributed by atoms with Gasteiger partial charge in [0.1, 0.15) is 5.75 Å². The van der Waals surface area contributed by atoms with Crippen LogP contribution in [0.3, 0.4) is 0 Å². The zero-order valence-corrected chi connectivity index (χ0v) is 12.0. The van der Waals surface area contributed by atoms with E-state index >= 15 is 0 Å². The number of nitrogens with two attached hydrogens (primary N) is 1. The SMILES string of the molecule is Cl.NCC(NC(=O)COc1ccc(Cl)cc1)C1CC1. The van der Waals surface area contributed by atoms with Crippen molar-refractivity contribution in [3.05, 3.63) is 29.3 Å². The van der Waals surface area contributed by atoms with E-state index in [-0.39, 0.29) is 31.0 Å². The first-order valence-electron chi connectivity index (χ1n) is 6.07. The molecule has 0 aliphatic heterocycles. The fraction of sp³-hybridized carbons (Fsp3) is 0.462. The minimum Gasteiger partial charge on any atom is -0.484 e. The van der Waals surface area contributed by atoms with Gasteiger partial charge in [0, 0.05) is 17.6 Å². The summed E-state index contributed by atoms with van der Waals surface area (Å²) in [6, 6.07) is 7.00. The summed E-state index contributed by atoms with van der Waals surface area (Å²) in [4.78, 5) is 11.7. The maximum Gasteiger partial charge on any atom is 0.258 e. The van der Waals surface area contributed by atoms with Crippen LogP contribution in [0.4, 0.5) is 0 Å². The number of nitrogens with one attached hydrogen (secondary N) is 1. The molecule has 1 amide bonds. The van der Waals surface area contributed by atoms with Crippen molar-refractivity contribution in [2.75, 3.05) is 13.2 Å². The number of carbonyl (C=O) groups excluding carboxylic acids is 1. The molecular formula is C13H18Cl2N2O2. The third kappa shape index (κ3) is 5.27. The fourth-order valence-corrected chi connectivity index (χ4v) is 1.92. The normalized spacial score (nSPS) is 15.3. The second-order valence-corrected chi connectivity index (χ2v) is 4.93. The van der Waals surface area contributed by atoms with E-state index in [0.717, 1.165) is 12.8 Å². The van der Waals surface area contributed by atoms with Crippen LogP contribution in [0.25, 0.3) is 0 Å². The van der Waals surface area contributed by atoms with E-state index in [2.05, 4.69) is 5.32 Å². The molecule has 3 N–H and O–H groups in total. The van der Waals surface area contributed by atoms with Crippen LogP contribution in [0.5, 0.6) is 5.75 Å². The Kier molecular flexibility index (Phi) is 6.42. The Hall–Kier alpha value is -0.970. The lowest BCUT2D eigenvalue weighted by molar-refractivity contribution is -0.123. The highest BCUT2D eigenvalue weighted by Gasteiger charge is 2.31. The topological polar surface area (TPSA) is 64.3 Å². The lowest BCUT2D eigenvalue weighted by atomic mass is 10.2. The maximum absolute atomic E-state index is 11.7. The Balaban J connectivity index is 0.00000180. The summed E-state index contributed by atoms with van der Waals surface area (Å²) < 4.78 is 5.36. The fourth-order valence-electron chi connectivity index (χ4n) is 1.80. The lowest BCUT2D eigenvalue weighted by Crippen LogP contribution is -2.43. The predicted octanol–water partition coefficient (Wildman–Crippen LogP) is 1.99. The van der Waals surface area contributed by atoms with Gasteiger partial charge in [-0.2, -0.15) is 0 Å².